The first-order valence-electron chi connectivity index (χ1n) is 9.30. The van der Waals surface area contributed by atoms with E-state index in [0.717, 1.165) is 42.9 Å². The van der Waals surface area contributed by atoms with Gasteiger partial charge in [-0.25, -0.2) is 9.78 Å². The predicted octanol–water partition coefficient (Wildman–Crippen LogP) is 3.91. The summed E-state index contributed by atoms with van der Waals surface area (Å²) in [5, 5.41) is 3.05. The number of urea groups is 1. The number of piperidine rings is 1. The number of ether oxygens (including phenoxy) is 1. The molecule has 0 aliphatic carbocycles. The second-order valence-corrected chi connectivity index (χ2v) is 6.98. The molecule has 1 aromatic heterocycles. The zero-order valence-electron chi connectivity index (χ0n) is 15.8. The van der Waals surface area contributed by atoms with Crippen LogP contribution in [0.5, 0.6) is 5.75 Å². The number of methoxy groups -OCH3 is 1. The van der Waals surface area contributed by atoms with E-state index in [9.17, 15) is 4.79 Å². The number of nitrogens with zero attached hydrogens (tertiary/aromatic N) is 3. The van der Waals surface area contributed by atoms with Gasteiger partial charge in [-0.15, -0.1) is 0 Å². The second kappa shape index (κ2) is 8.25. The van der Waals surface area contributed by atoms with Crippen molar-refractivity contribution in [3.05, 3.63) is 48.0 Å². The molecule has 0 radical (unpaired) electrons. The third kappa shape index (κ3) is 4.00. The molecule has 2 amide bonds. The van der Waals surface area contributed by atoms with Crippen molar-refractivity contribution >= 4 is 6.03 Å². The summed E-state index contributed by atoms with van der Waals surface area (Å²) in [5.41, 5.74) is 1.13. The molecule has 2 aromatic rings. The van der Waals surface area contributed by atoms with Crippen LogP contribution in [0.4, 0.5) is 4.79 Å². The van der Waals surface area contributed by atoms with Crippen LogP contribution in [0.3, 0.4) is 0 Å². The summed E-state index contributed by atoms with van der Waals surface area (Å²) in [6.45, 7) is 5.42. The quantitative estimate of drug-likeness (QED) is 0.884. The highest BCUT2D eigenvalue weighted by atomic mass is 16.5. The summed E-state index contributed by atoms with van der Waals surface area (Å²) < 4.78 is 7.42. The van der Waals surface area contributed by atoms with Gasteiger partial charge in [-0.3, -0.25) is 0 Å². The van der Waals surface area contributed by atoms with Crippen molar-refractivity contribution in [2.45, 2.75) is 51.7 Å². The number of hydrogen-bond acceptors (Lipinski definition) is 3. The molecule has 1 fully saturated rings. The number of rotatable bonds is 5. The molecule has 1 aromatic carbocycles. The maximum Gasteiger partial charge on any atom is 0.318 e. The van der Waals surface area contributed by atoms with Gasteiger partial charge in [0.05, 0.1) is 19.7 Å². The number of carbonyl (C=O) groups is 1. The Bertz CT molecular complexity index is 741. The highest BCUT2D eigenvalue weighted by Gasteiger charge is 2.28. The number of benzene rings is 1. The van der Waals surface area contributed by atoms with E-state index in [1.54, 1.807) is 13.3 Å². The van der Waals surface area contributed by atoms with Crippen molar-refractivity contribution in [1.82, 2.24) is 19.8 Å². The van der Waals surface area contributed by atoms with Crippen LogP contribution < -0.4 is 10.1 Å². The highest BCUT2D eigenvalue weighted by Crippen LogP contribution is 2.32. The van der Waals surface area contributed by atoms with Crippen LogP contribution in [0.15, 0.2) is 36.7 Å². The summed E-state index contributed by atoms with van der Waals surface area (Å²) >= 11 is 0. The molecule has 0 bridgehead atoms. The summed E-state index contributed by atoms with van der Waals surface area (Å²) in [5.74, 6) is 1.70. The maximum atomic E-state index is 12.9. The van der Waals surface area contributed by atoms with Gasteiger partial charge >= 0.3 is 6.03 Å². The average molecular weight is 356 g/mol. The molecule has 3 rings (SSSR count). The fourth-order valence-corrected chi connectivity index (χ4v) is 3.58. The molecule has 1 saturated heterocycles. The Morgan fingerprint density at radius 3 is 3.00 bits per heavy atom. The normalized spacial score (nSPS) is 17.4. The van der Waals surface area contributed by atoms with E-state index in [1.807, 2.05) is 29.3 Å². The summed E-state index contributed by atoms with van der Waals surface area (Å²) in [7, 11) is 1.67. The lowest BCUT2D eigenvalue weighted by molar-refractivity contribution is 0.150. The van der Waals surface area contributed by atoms with Gasteiger partial charge in [0.25, 0.3) is 0 Å². The molecule has 0 saturated carbocycles. The zero-order valence-corrected chi connectivity index (χ0v) is 15.8. The maximum absolute atomic E-state index is 12.9. The molecule has 1 aliphatic rings. The first kappa shape index (κ1) is 18.3. The van der Waals surface area contributed by atoms with Crippen LogP contribution in [0.1, 0.15) is 56.6 Å². The Kier molecular flexibility index (Phi) is 5.81. The zero-order chi connectivity index (χ0) is 18.5. The number of hydrogen-bond donors (Lipinski definition) is 1. The molecule has 2 heterocycles. The monoisotopic (exact) mass is 356 g/mol. The van der Waals surface area contributed by atoms with E-state index < -0.39 is 0 Å². The van der Waals surface area contributed by atoms with Crippen LogP contribution in [0, 0.1) is 0 Å². The van der Waals surface area contributed by atoms with Gasteiger partial charge in [0.1, 0.15) is 11.6 Å². The molecule has 26 heavy (non-hydrogen) atoms. The van der Waals surface area contributed by atoms with Crippen molar-refractivity contribution in [3.63, 3.8) is 0 Å². The highest BCUT2D eigenvalue weighted by molar-refractivity contribution is 5.74. The number of imidazole rings is 1. The van der Waals surface area contributed by atoms with E-state index in [-0.39, 0.29) is 12.1 Å². The van der Waals surface area contributed by atoms with Gasteiger partial charge in [-0.05, 0) is 50.8 Å². The first-order chi connectivity index (χ1) is 12.6. The lowest BCUT2D eigenvalue weighted by Gasteiger charge is -2.36. The second-order valence-electron chi connectivity index (χ2n) is 6.98. The van der Waals surface area contributed by atoms with Gasteiger partial charge in [-0.1, -0.05) is 12.1 Å². The number of amides is 2. The first-order valence-corrected chi connectivity index (χ1v) is 9.30. The standard InChI is InChI=1S/C20H28N4O2/c1-15(2)23-12-10-21-19(23)14-22-20(25)24-11-5-4-9-18(24)16-7-6-8-17(13-16)26-3/h6-8,10,12-13,15,18H,4-5,9,11,14H2,1-3H3,(H,22,25)/t18-/m0/s1. The SMILES string of the molecule is COc1cccc([C@@H]2CCCCN2C(=O)NCc2nccn2C(C)C)c1. The number of likely N-dealkylation sites (tertiary alicyclic amines) is 1. The molecule has 6 nitrogen and oxygen atoms in total. The molecule has 1 N–H and O–H groups in total. The summed E-state index contributed by atoms with van der Waals surface area (Å²) in [6.07, 6.45) is 6.87. The van der Waals surface area contributed by atoms with E-state index in [2.05, 4.69) is 34.8 Å². The Morgan fingerprint density at radius 2 is 2.23 bits per heavy atom. The van der Waals surface area contributed by atoms with E-state index in [1.165, 1.54) is 0 Å². The average Bonchev–Trinajstić information content (AvgIpc) is 3.15. The molecule has 0 spiro atoms. The Labute approximate surface area is 155 Å². The lowest BCUT2D eigenvalue weighted by Crippen LogP contribution is -2.44. The van der Waals surface area contributed by atoms with Crippen LogP contribution in [0.25, 0.3) is 0 Å². The Balaban J connectivity index is 1.70. The van der Waals surface area contributed by atoms with Crippen molar-refractivity contribution < 1.29 is 9.53 Å². The van der Waals surface area contributed by atoms with Crippen molar-refractivity contribution in [3.8, 4) is 5.75 Å². The smallest absolute Gasteiger partial charge is 0.318 e. The molecular weight excluding hydrogens is 328 g/mol. The number of aromatic nitrogens is 2. The van der Waals surface area contributed by atoms with Crippen molar-refractivity contribution in [1.29, 1.82) is 0 Å². The third-order valence-corrected chi connectivity index (χ3v) is 4.95. The molecule has 1 atom stereocenters. The summed E-state index contributed by atoms with van der Waals surface area (Å²) in [6, 6.07) is 8.40. The Hall–Kier alpha value is -2.50. The van der Waals surface area contributed by atoms with Crippen LogP contribution in [-0.2, 0) is 6.54 Å². The number of carbonyl (C=O) groups excluding carboxylic acids is 1. The lowest BCUT2D eigenvalue weighted by atomic mass is 9.95. The van der Waals surface area contributed by atoms with Crippen LogP contribution in [0.2, 0.25) is 0 Å². The molecular formula is C20H28N4O2. The van der Waals surface area contributed by atoms with Gasteiger partial charge in [-0.2, -0.15) is 0 Å². The summed E-state index contributed by atoms with van der Waals surface area (Å²) in [4.78, 5) is 19.2. The van der Waals surface area contributed by atoms with E-state index in [0.29, 0.717) is 12.6 Å². The van der Waals surface area contributed by atoms with Gasteiger partial charge in [0, 0.05) is 25.0 Å². The van der Waals surface area contributed by atoms with Crippen LogP contribution in [-0.4, -0.2) is 34.1 Å². The van der Waals surface area contributed by atoms with Gasteiger partial charge in [0.2, 0.25) is 0 Å². The third-order valence-electron chi connectivity index (χ3n) is 4.95. The minimum atomic E-state index is -0.0316. The fourth-order valence-electron chi connectivity index (χ4n) is 3.58. The predicted molar refractivity (Wildman–Crippen MR) is 101 cm³/mol. The van der Waals surface area contributed by atoms with Crippen LogP contribution >= 0.6 is 0 Å². The molecule has 1 aliphatic heterocycles. The minimum absolute atomic E-state index is 0.0316. The minimum Gasteiger partial charge on any atom is -0.497 e. The van der Waals surface area contributed by atoms with Gasteiger partial charge < -0.3 is 19.5 Å². The number of nitrogens with one attached hydrogen (secondary N) is 1. The molecule has 140 valence electrons. The van der Waals surface area contributed by atoms with Crippen molar-refractivity contribution in [2.75, 3.05) is 13.7 Å². The Morgan fingerprint density at radius 1 is 1.38 bits per heavy atom. The molecule has 0 unspecified atom stereocenters. The topological polar surface area (TPSA) is 59.4 Å². The van der Waals surface area contributed by atoms with Gasteiger partial charge in [0.15, 0.2) is 0 Å². The molecule has 6 heteroatoms. The van der Waals surface area contributed by atoms with E-state index in [4.69, 9.17) is 4.74 Å². The van der Waals surface area contributed by atoms with Crippen molar-refractivity contribution in [2.24, 2.45) is 0 Å². The van der Waals surface area contributed by atoms with E-state index >= 15 is 0 Å². The fraction of sp³-hybridized carbons (Fsp3) is 0.500. The largest absolute Gasteiger partial charge is 0.497 e.